The van der Waals surface area contributed by atoms with Crippen LogP contribution >= 0.6 is 0 Å². The Labute approximate surface area is 353 Å². The average Bonchev–Trinajstić information content (AvgIpc) is 3.54. The minimum absolute atomic E-state index is 0.0206. The molecule has 5 heterocycles. The van der Waals surface area contributed by atoms with Gasteiger partial charge in [-0.15, -0.1) is 0 Å². The summed E-state index contributed by atoms with van der Waals surface area (Å²) in [5.41, 5.74) is -1.71. The van der Waals surface area contributed by atoms with Gasteiger partial charge in [0.15, 0.2) is 11.6 Å². The van der Waals surface area contributed by atoms with Crippen molar-refractivity contribution in [3.63, 3.8) is 0 Å². The van der Waals surface area contributed by atoms with Gasteiger partial charge in [0.2, 0.25) is 0 Å². The number of aliphatic carboxylic acids is 1. The van der Waals surface area contributed by atoms with E-state index in [1.165, 1.54) is 0 Å². The summed E-state index contributed by atoms with van der Waals surface area (Å²) in [6, 6.07) is -0.714. The van der Waals surface area contributed by atoms with E-state index in [1.807, 2.05) is 60.6 Å². The first-order chi connectivity index (χ1) is 27.7. The summed E-state index contributed by atoms with van der Waals surface area (Å²) in [5, 5.41) is 35.8. The second-order valence-corrected chi connectivity index (χ2v) is 19.2. The molecule has 0 radical (unpaired) electrons. The van der Waals surface area contributed by atoms with E-state index in [0.717, 1.165) is 6.42 Å². The maximum absolute atomic E-state index is 14.6. The molecular weight excluding hydrogens is 759 g/mol. The van der Waals surface area contributed by atoms with Crippen LogP contribution in [0.15, 0.2) is 12.2 Å². The first kappa shape index (κ1) is 47.9. The highest BCUT2D eigenvalue weighted by molar-refractivity contribution is 5.84. The number of rotatable bonds is 15. The number of nitrogens with one attached hydrogen (secondary N) is 1. The summed E-state index contributed by atoms with van der Waals surface area (Å²) in [4.78, 5) is 39.7. The normalized spacial score (nSPS) is 42.5. The van der Waals surface area contributed by atoms with Crippen LogP contribution in [0.25, 0.3) is 0 Å². The van der Waals surface area contributed by atoms with Gasteiger partial charge in [0.1, 0.15) is 11.8 Å². The highest BCUT2D eigenvalue weighted by Gasteiger charge is 2.63. The first-order valence-corrected chi connectivity index (χ1v) is 22.9. The number of carbonyl (C=O) groups excluding carboxylic acids is 2. The molecule has 5 rings (SSSR count). The van der Waals surface area contributed by atoms with Crippen LogP contribution in [0.2, 0.25) is 0 Å². The van der Waals surface area contributed by atoms with Crippen LogP contribution in [0.5, 0.6) is 0 Å². The third kappa shape index (κ3) is 9.61. The predicted molar refractivity (Wildman–Crippen MR) is 221 cm³/mol. The van der Waals surface area contributed by atoms with Gasteiger partial charge in [0.05, 0.1) is 60.4 Å². The van der Waals surface area contributed by atoms with E-state index in [2.05, 4.69) is 26.1 Å². The molecule has 18 atom stereocenters. The molecule has 4 N–H and O–H groups in total. The molecule has 0 aliphatic carbocycles. The van der Waals surface area contributed by atoms with Gasteiger partial charge in [-0.1, -0.05) is 68.4 Å². The minimum Gasteiger partial charge on any atom is -0.481 e. The van der Waals surface area contributed by atoms with Gasteiger partial charge in [-0.25, -0.2) is 4.79 Å². The van der Waals surface area contributed by atoms with Crippen molar-refractivity contribution in [2.45, 2.75) is 212 Å². The summed E-state index contributed by atoms with van der Waals surface area (Å²) in [5.74, 6) is -6.03. The molecule has 338 valence electrons. The van der Waals surface area contributed by atoms with E-state index in [4.69, 9.17) is 28.4 Å². The van der Waals surface area contributed by atoms with E-state index in [9.17, 15) is 29.7 Å². The minimum atomic E-state index is -1.35. The van der Waals surface area contributed by atoms with Gasteiger partial charge in [-0.2, -0.15) is 0 Å². The van der Waals surface area contributed by atoms with Crippen LogP contribution in [0.1, 0.15) is 147 Å². The van der Waals surface area contributed by atoms with Crippen molar-refractivity contribution >= 4 is 17.8 Å². The standard InChI is InChI=1S/C46H77NO12/c1-12-24-54-42(52)47-35-18-21-45(59-46(35)23-22-43(11,58-46)36-19-20-44(53,15-4)31(10)55-36)28(7)25-27(6)40(57-45)33(14-3)38(49)29(8)37(48)30(9)39-26(5)16-17-34(56-39)32(13-2)41(50)51/h18,21,26-37,39-40,48,53H,12-17,19-20,22-25H2,1-11H3,(H,47,52)(H,50,51)/t26-,27-,28+,29-,30-,31-,32+,33-,34+,35+,36+,37+,39+,40-,43-,44+,45-,46-/m0/s1. The van der Waals surface area contributed by atoms with Gasteiger partial charge in [0.25, 0.3) is 0 Å². The molecule has 4 saturated heterocycles. The van der Waals surface area contributed by atoms with Gasteiger partial charge < -0.3 is 49.1 Å². The van der Waals surface area contributed by atoms with Crippen molar-refractivity contribution in [1.29, 1.82) is 0 Å². The number of carboxylic acids is 1. The summed E-state index contributed by atoms with van der Waals surface area (Å²) < 4.78 is 39.8. The topological polar surface area (TPSA) is 179 Å². The zero-order valence-electron chi connectivity index (χ0n) is 37.7. The number of aliphatic hydroxyl groups excluding tert-OH is 1. The van der Waals surface area contributed by atoms with Crippen molar-refractivity contribution in [2.24, 2.45) is 41.4 Å². The molecule has 5 aliphatic rings. The highest BCUT2D eigenvalue weighted by atomic mass is 16.8. The first-order valence-electron chi connectivity index (χ1n) is 22.9. The third-order valence-electron chi connectivity index (χ3n) is 15.2. The van der Waals surface area contributed by atoms with Crippen molar-refractivity contribution in [2.75, 3.05) is 6.61 Å². The fraction of sp³-hybridized carbons (Fsp3) is 0.891. The molecule has 0 unspecified atom stereocenters. The van der Waals surface area contributed by atoms with E-state index in [0.29, 0.717) is 64.2 Å². The van der Waals surface area contributed by atoms with Crippen molar-refractivity contribution in [3.05, 3.63) is 12.2 Å². The quantitative estimate of drug-likeness (QED) is 0.121. The zero-order chi connectivity index (χ0) is 43.7. The lowest BCUT2D eigenvalue weighted by atomic mass is 9.72. The number of hydrogen-bond acceptors (Lipinski definition) is 11. The molecule has 4 fully saturated rings. The third-order valence-corrected chi connectivity index (χ3v) is 15.2. The van der Waals surface area contributed by atoms with Gasteiger partial charge in [-0.3, -0.25) is 9.59 Å². The fourth-order valence-corrected chi connectivity index (χ4v) is 11.0. The Morgan fingerprint density at radius 2 is 1.59 bits per heavy atom. The number of alkyl carbamates (subject to hydrolysis) is 1. The Bertz CT molecular complexity index is 1490. The van der Waals surface area contributed by atoms with Crippen LogP contribution in [0.4, 0.5) is 4.79 Å². The fourth-order valence-electron chi connectivity index (χ4n) is 11.0. The van der Waals surface area contributed by atoms with Crippen LogP contribution < -0.4 is 5.32 Å². The van der Waals surface area contributed by atoms with Crippen molar-refractivity contribution in [3.8, 4) is 0 Å². The average molecular weight is 836 g/mol. The zero-order valence-corrected chi connectivity index (χ0v) is 37.7. The molecule has 59 heavy (non-hydrogen) atoms. The van der Waals surface area contributed by atoms with E-state index in [1.54, 1.807) is 6.92 Å². The summed E-state index contributed by atoms with van der Waals surface area (Å²) in [6.07, 6.45) is 6.53. The molecule has 0 aromatic carbocycles. The largest absolute Gasteiger partial charge is 0.481 e. The van der Waals surface area contributed by atoms with Gasteiger partial charge in [0, 0.05) is 30.1 Å². The maximum Gasteiger partial charge on any atom is 0.407 e. The lowest BCUT2D eigenvalue weighted by molar-refractivity contribution is -0.398. The molecule has 0 bridgehead atoms. The molecule has 2 spiro atoms. The molecular formula is C46H77NO12. The number of amides is 1. The molecule has 13 nitrogen and oxygen atoms in total. The second-order valence-electron chi connectivity index (χ2n) is 19.2. The van der Waals surface area contributed by atoms with Gasteiger partial charge in [-0.05, 0) is 96.0 Å². The van der Waals surface area contributed by atoms with Crippen LogP contribution in [-0.4, -0.2) is 105 Å². The molecule has 1 amide bonds. The van der Waals surface area contributed by atoms with E-state index < -0.39 is 95.1 Å². The number of Topliss-reactive ketones (excluding diaryl/α,β-unsaturated/α-hetero) is 1. The molecule has 13 heteroatoms. The molecule has 0 aromatic rings. The highest BCUT2D eigenvalue weighted by Crippen LogP contribution is 2.54. The number of carbonyl (C=O) groups is 3. The Morgan fingerprint density at radius 3 is 2.20 bits per heavy atom. The van der Waals surface area contributed by atoms with Crippen molar-refractivity contribution < 1.29 is 58.1 Å². The summed E-state index contributed by atoms with van der Waals surface area (Å²) in [6.45, 7) is 21.8. The number of ether oxygens (including phenoxy) is 6. The van der Waals surface area contributed by atoms with E-state index >= 15 is 0 Å². The molecule has 5 aliphatic heterocycles. The smallest absolute Gasteiger partial charge is 0.407 e. The Hall–Kier alpha value is -2.13. The number of aliphatic hydroxyl groups is 2. The number of carboxylic acid groups (broad SMARTS) is 1. The van der Waals surface area contributed by atoms with E-state index in [-0.39, 0.29) is 36.2 Å². The Morgan fingerprint density at radius 1 is 0.898 bits per heavy atom. The van der Waals surface area contributed by atoms with Crippen LogP contribution in [0.3, 0.4) is 0 Å². The predicted octanol–water partition coefficient (Wildman–Crippen LogP) is 7.33. The lowest BCUT2D eigenvalue weighted by Gasteiger charge is -2.55. The number of hydrogen-bond donors (Lipinski definition) is 4. The van der Waals surface area contributed by atoms with Crippen LogP contribution in [-0.2, 0) is 38.0 Å². The molecule has 0 aromatic heterocycles. The monoisotopic (exact) mass is 836 g/mol. The second kappa shape index (κ2) is 19.1. The molecule has 0 saturated carbocycles. The summed E-state index contributed by atoms with van der Waals surface area (Å²) in [7, 11) is 0. The van der Waals surface area contributed by atoms with Crippen molar-refractivity contribution in [1.82, 2.24) is 5.32 Å². The maximum atomic E-state index is 14.6. The Balaban J connectivity index is 1.38. The number of ketones is 1. The Kier molecular flexibility index (Phi) is 15.5. The van der Waals surface area contributed by atoms with Gasteiger partial charge >= 0.3 is 12.1 Å². The lowest BCUT2D eigenvalue weighted by Crippen LogP contribution is -2.65. The van der Waals surface area contributed by atoms with Crippen LogP contribution in [0, 0.1) is 41.4 Å². The summed E-state index contributed by atoms with van der Waals surface area (Å²) >= 11 is 0. The SMILES string of the molecule is CCCOC(=O)N[C@@H]1C=C[C@]2(O[C@H]([C@@H](CC)C(=O)[C@@H](C)[C@@H](O)[C@H](C)[C@@H]3O[C@@H]([C@@H](CC)C(=O)O)CC[C@@H]3C)[C@@H](C)C[C@H]2C)O[C@@]12CC[C@@](C)([C@H]1CC[C@](O)(CC)[C@H](C)O1)O2.